The Morgan fingerprint density at radius 1 is 1.14 bits per heavy atom. The first-order chi connectivity index (χ1) is 16.9. The lowest BCUT2D eigenvalue weighted by Gasteiger charge is -2.19. The van der Waals surface area contributed by atoms with Crippen molar-refractivity contribution in [2.45, 2.75) is 26.7 Å². The molecule has 0 unspecified atom stereocenters. The minimum atomic E-state index is -0.581. The first-order valence-electron chi connectivity index (χ1n) is 11.6. The molecule has 0 radical (unpaired) electrons. The number of aryl methyl sites for hydroxylation is 3. The lowest BCUT2D eigenvalue weighted by atomic mass is 10.1. The Morgan fingerprint density at radius 2 is 1.94 bits per heavy atom. The van der Waals surface area contributed by atoms with Gasteiger partial charge in [-0.1, -0.05) is 6.07 Å². The molecule has 1 aromatic carbocycles. The summed E-state index contributed by atoms with van der Waals surface area (Å²) in [4.78, 5) is 33.7. The molecule has 3 aromatic heterocycles. The second-order valence-electron chi connectivity index (χ2n) is 8.76. The molecule has 0 atom stereocenters. The number of nitrogens with zero attached hydrogens (tertiary/aromatic N) is 4. The van der Waals surface area contributed by atoms with E-state index in [-0.39, 0.29) is 12.5 Å². The van der Waals surface area contributed by atoms with Crippen molar-refractivity contribution in [3.8, 4) is 10.6 Å². The van der Waals surface area contributed by atoms with Gasteiger partial charge in [0, 0.05) is 31.5 Å². The summed E-state index contributed by atoms with van der Waals surface area (Å²) in [7, 11) is 1.79. The highest BCUT2D eigenvalue weighted by molar-refractivity contribution is 7.13. The van der Waals surface area contributed by atoms with Crippen LogP contribution >= 0.6 is 11.3 Å². The smallest absolute Gasteiger partial charge is 0.339 e. The lowest BCUT2D eigenvalue weighted by molar-refractivity contribution is -0.119. The van der Waals surface area contributed by atoms with E-state index in [4.69, 9.17) is 9.72 Å². The van der Waals surface area contributed by atoms with Gasteiger partial charge >= 0.3 is 5.97 Å². The number of anilines is 2. The molecule has 35 heavy (non-hydrogen) atoms. The van der Waals surface area contributed by atoms with E-state index in [1.807, 2.05) is 43.5 Å². The number of hydrogen-bond acceptors (Lipinski definition) is 7. The molecule has 1 fully saturated rings. The number of esters is 1. The molecule has 1 N–H and O–H groups in total. The summed E-state index contributed by atoms with van der Waals surface area (Å²) in [6, 6.07) is 11.6. The maximum atomic E-state index is 13.1. The van der Waals surface area contributed by atoms with Gasteiger partial charge in [-0.05, 0) is 68.0 Å². The monoisotopic (exact) mass is 489 g/mol. The zero-order chi connectivity index (χ0) is 24.5. The Bertz CT molecular complexity index is 1400. The highest BCUT2D eigenvalue weighted by Gasteiger charge is 2.21. The van der Waals surface area contributed by atoms with Gasteiger partial charge in [0.2, 0.25) is 0 Å². The van der Waals surface area contributed by atoms with Crippen LogP contribution in [0.15, 0.2) is 41.8 Å². The Morgan fingerprint density at radius 3 is 2.66 bits per heavy atom. The highest BCUT2D eigenvalue weighted by atomic mass is 32.1. The molecule has 1 amide bonds. The van der Waals surface area contributed by atoms with E-state index in [1.54, 1.807) is 17.8 Å². The molecule has 0 saturated carbocycles. The van der Waals surface area contributed by atoms with Crippen LogP contribution in [-0.2, 0) is 16.6 Å². The van der Waals surface area contributed by atoms with Crippen molar-refractivity contribution >= 4 is 45.6 Å². The van der Waals surface area contributed by atoms with E-state index >= 15 is 0 Å². The fraction of sp³-hybridized carbons (Fsp3) is 0.308. The van der Waals surface area contributed by atoms with Crippen LogP contribution in [0.4, 0.5) is 11.4 Å². The number of hydrogen-bond donors (Lipinski definition) is 1. The number of nitrogens with one attached hydrogen (secondary N) is 1. The first kappa shape index (κ1) is 23.0. The van der Waals surface area contributed by atoms with E-state index < -0.39 is 5.97 Å². The van der Waals surface area contributed by atoms with Crippen LogP contribution in [0.2, 0.25) is 0 Å². The first-order valence-corrected chi connectivity index (χ1v) is 12.5. The quantitative estimate of drug-likeness (QED) is 0.395. The van der Waals surface area contributed by atoms with E-state index in [9.17, 15) is 9.59 Å². The van der Waals surface area contributed by atoms with Gasteiger partial charge in [0.1, 0.15) is 0 Å². The predicted octanol–water partition coefficient (Wildman–Crippen LogP) is 4.71. The number of rotatable bonds is 6. The number of thiophene rings is 1. The van der Waals surface area contributed by atoms with Crippen molar-refractivity contribution in [1.29, 1.82) is 0 Å². The second-order valence-corrected chi connectivity index (χ2v) is 9.71. The normalized spacial score (nSPS) is 13.4. The highest BCUT2D eigenvalue weighted by Crippen LogP contribution is 2.30. The Hall–Kier alpha value is -3.72. The molecule has 180 valence electrons. The average Bonchev–Trinajstić information content (AvgIpc) is 3.61. The average molecular weight is 490 g/mol. The van der Waals surface area contributed by atoms with Crippen LogP contribution in [0.3, 0.4) is 0 Å². The molecule has 4 aromatic rings. The number of carbonyl (C=O) groups is 2. The van der Waals surface area contributed by atoms with E-state index in [0.717, 1.165) is 23.5 Å². The number of benzene rings is 1. The molecular formula is C26H27N5O3S. The largest absolute Gasteiger partial charge is 0.452 e. The number of carbonyl (C=O) groups excluding carboxylic acids is 2. The third-order valence-corrected chi connectivity index (χ3v) is 7.14. The van der Waals surface area contributed by atoms with Crippen molar-refractivity contribution in [2.75, 3.05) is 29.9 Å². The number of amides is 1. The predicted molar refractivity (Wildman–Crippen MR) is 138 cm³/mol. The van der Waals surface area contributed by atoms with Gasteiger partial charge in [-0.3, -0.25) is 9.48 Å². The van der Waals surface area contributed by atoms with Crippen molar-refractivity contribution in [3.05, 3.63) is 58.6 Å². The van der Waals surface area contributed by atoms with E-state index in [0.29, 0.717) is 33.7 Å². The van der Waals surface area contributed by atoms with Crippen LogP contribution in [-0.4, -0.2) is 46.3 Å². The summed E-state index contributed by atoms with van der Waals surface area (Å²) >= 11 is 1.54. The van der Waals surface area contributed by atoms with Crippen LogP contribution < -0.4 is 10.2 Å². The number of pyridine rings is 1. The summed E-state index contributed by atoms with van der Waals surface area (Å²) in [5, 5.41) is 9.87. The molecular weight excluding hydrogens is 462 g/mol. The number of aromatic nitrogens is 3. The second kappa shape index (κ2) is 9.50. The van der Waals surface area contributed by atoms with Crippen LogP contribution in [0.1, 0.15) is 34.5 Å². The minimum Gasteiger partial charge on any atom is -0.452 e. The van der Waals surface area contributed by atoms with E-state index in [1.165, 1.54) is 29.9 Å². The standard InChI is InChI=1S/C26H27N5O3S/c1-16-13-18(31-10-4-5-11-31)8-9-20(16)27-23(32)15-34-26(33)19-14-21(22-7-6-12-35-22)28-25-24(19)17(2)29-30(25)3/h6-9,12-14H,4-5,10-11,15H2,1-3H3,(H,27,32). The zero-order valence-corrected chi connectivity index (χ0v) is 20.8. The van der Waals surface area contributed by atoms with Gasteiger partial charge < -0.3 is 15.0 Å². The molecule has 8 nitrogen and oxygen atoms in total. The van der Waals surface area contributed by atoms with Gasteiger partial charge in [0.25, 0.3) is 5.91 Å². The molecule has 5 rings (SSSR count). The van der Waals surface area contributed by atoms with Gasteiger partial charge in [0.05, 0.1) is 27.2 Å². The van der Waals surface area contributed by atoms with Gasteiger partial charge in [-0.15, -0.1) is 11.3 Å². The fourth-order valence-corrected chi connectivity index (χ4v) is 5.20. The molecule has 0 bridgehead atoms. The molecule has 9 heteroatoms. The molecule has 1 saturated heterocycles. The fourth-order valence-electron chi connectivity index (χ4n) is 4.51. The summed E-state index contributed by atoms with van der Waals surface area (Å²) < 4.78 is 7.08. The zero-order valence-electron chi connectivity index (χ0n) is 20.0. The third kappa shape index (κ3) is 4.64. The maximum absolute atomic E-state index is 13.1. The molecule has 0 aliphatic carbocycles. The number of fused-ring (bicyclic) bond motifs is 1. The Kier molecular flexibility index (Phi) is 6.25. The van der Waals surface area contributed by atoms with Gasteiger partial charge in [-0.2, -0.15) is 5.10 Å². The van der Waals surface area contributed by atoms with Crippen LogP contribution in [0.25, 0.3) is 21.6 Å². The summed E-state index contributed by atoms with van der Waals surface area (Å²) in [6.45, 7) is 5.53. The van der Waals surface area contributed by atoms with Gasteiger partial charge in [-0.25, -0.2) is 9.78 Å². The van der Waals surface area contributed by atoms with Crippen LogP contribution in [0, 0.1) is 13.8 Å². The SMILES string of the molecule is Cc1cc(N2CCCC2)ccc1NC(=O)COC(=O)c1cc(-c2cccs2)nc2c1c(C)nn2C. The van der Waals surface area contributed by atoms with Crippen molar-refractivity contribution < 1.29 is 14.3 Å². The topological polar surface area (TPSA) is 89.3 Å². The summed E-state index contributed by atoms with van der Waals surface area (Å²) in [6.07, 6.45) is 2.42. The van der Waals surface area contributed by atoms with Crippen molar-refractivity contribution in [1.82, 2.24) is 14.8 Å². The Balaban J connectivity index is 1.31. The summed E-state index contributed by atoms with van der Waals surface area (Å²) in [5.74, 6) is -0.968. The molecule has 1 aliphatic heterocycles. The molecule has 4 heterocycles. The maximum Gasteiger partial charge on any atom is 0.339 e. The van der Waals surface area contributed by atoms with E-state index in [2.05, 4.69) is 21.4 Å². The lowest BCUT2D eigenvalue weighted by Crippen LogP contribution is -2.22. The van der Waals surface area contributed by atoms with Crippen molar-refractivity contribution in [3.63, 3.8) is 0 Å². The minimum absolute atomic E-state index is 0.350. The number of ether oxygens (including phenoxy) is 1. The summed E-state index contributed by atoms with van der Waals surface area (Å²) in [5.41, 5.74) is 5.14. The van der Waals surface area contributed by atoms with Gasteiger partial charge in [0.15, 0.2) is 12.3 Å². The van der Waals surface area contributed by atoms with Crippen molar-refractivity contribution in [2.24, 2.45) is 7.05 Å². The molecule has 0 spiro atoms. The third-order valence-electron chi connectivity index (χ3n) is 6.25. The molecule has 1 aliphatic rings. The van der Waals surface area contributed by atoms with Crippen LogP contribution in [0.5, 0.6) is 0 Å². The Labute approximate surface area is 207 Å².